The number of hydrogen-bond donors (Lipinski definition) is 5. The van der Waals surface area contributed by atoms with Crippen molar-refractivity contribution in [1.82, 2.24) is 0 Å². The number of methoxy groups -OCH3 is 1. The highest BCUT2D eigenvalue weighted by molar-refractivity contribution is 6.32. The lowest BCUT2D eigenvalue weighted by atomic mass is 9.79. The minimum atomic E-state index is -1.12. The molecule has 60 heavy (non-hydrogen) atoms. The summed E-state index contributed by atoms with van der Waals surface area (Å²) >= 11 is 0. The van der Waals surface area contributed by atoms with E-state index >= 15 is 0 Å². The Morgan fingerprint density at radius 1 is 0.667 bits per heavy atom. The maximum Gasteiger partial charge on any atom is 0.198 e. The zero-order chi connectivity index (χ0) is 42.9. The number of fused-ring (bicyclic) bond motifs is 3. The van der Waals surface area contributed by atoms with E-state index in [9.17, 15) is 39.9 Å². The van der Waals surface area contributed by atoms with Gasteiger partial charge in [-0.15, -0.1) is 0 Å². The van der Waals surface area contributed by atoms with Gasteiger partial charge in [0.25, 0.3) is 0 Å². The van der Waals surface area contributed by atoms with Crippen molar-refractivity contribution in [2.45, 2.75) is 153 Å². The van der Waals surface area contributed by atoms with Gasteiger partial charge in [-0.1, -0.05) is 6.07 Å². The molecule has 4 heterocycles. The number of aromatic hydroxyl groups is 3. The predicted molar refractivity (Wildman–Crippen MR) is 209 cm³/mol. The number of carbonyl (C=O) groups is 3. The third-order valence-corrected chi connectivity index (χ3v) is 12.5. The number of rotatable bonds is 8. The Hall–Kier alpha value is -4.07. The molecule has 324 valence electrons. The van der Waals surface area contributed by atoms with Gasteiger partial charge < -0.3 is 63.4 Å². The first-order chi connectivity index (χ1) is 28.5. The van der Waals surface area contributed by atoms with Gasteiger partial charge in [-0.25, -0.2) is 0 Å². The molecule has 4 fully saturated rings. The van der Waals surface area contributed by atoms with Gasteiger partial charge in [0.05, 0.1) is 53.9 Å². The van der Waals surface area contributed by atoms with Gasteiger partial charge in [-0.2, -0.15) is 0 Å². The quantitative estimate of drug-likeness (QED) is 0.168. The molecule has 0 bridgehead atoms. The maximum atomic E-state index is 13.9. The van der Waals surface area contributed by atoms with E-state index in [0.29, 0.717) is 18.4 Å². The molecule has 1 aliphatic carbocycles. The molecule has 0 amide bonds. The third-order valence-electron chi connectivity index (χ3n) is 12.5. The van der Waals surface area contributed by atoms with E-state index in [0.717, 1.165) is 0 Å². The second-order valence-electron chi connectivity index (χ2n) is 16.6. The number of aryl methyl sites for hydroxylation is 1. The van der Waals surface area contributed by atoms with E-state index in [1.165, 1.54) is 31.4 Å². The number of benzene rings is 3. The minimum absolute atomic E-state index is 0.0299. The summed E-state index contributed by atoms with van der Waals surface area (Å²) in [7, 11) is 1.51. The molecule has 1 unspecified atom stereocenters. The third kappa shape index (κ3) is 7.72. The number of Topliss-reactive ketones (excluding diaryl/α,β-unsaturated/α-hetero) is 1. The number of aliphatic hydroxyl groups excluding tert-OH is 2. The van der Waals surface area contributed by atoms with Crippen LogP contribution >= 0.6 is 0 Å². The van der Waals surface area contributed by atoms with Gasteiger partial charge in [0.1, 0.15) is 41.7 Å². The topological polar surface area (TPSA) is 226 Å². The van der Waals surface area contributed by atoms with Gasteiger partial charge in [0.15, 0.2) is 36.2 Å². The molecule has 0 saturated carbocycles. The highest BCUT2D eigenvalue weighted by Gasteiger charge is 2.46. The van der Waals surface area contributed by atoms with Crippen molar-refractivity contribution in [2.75, 3.05) is 7.11 Å². The van der Waals surface area contributed by atoms with Crippen LogP contribution in [0, 0.1) is 6.92 Å². The summed E-state index contributed by atoms with van der Waals surface area (Å²) in [5.74, 6) is -2.52. The smallest absolute Gasteiger partial charge is 0.198 e. The number of phenols is 3. The molecule has 4 saturated heterocycles. The number of hydrogen-bond acceptors (Lipinski definition) is 16. The average Bonchev–Trinajstić information content (AvgIpc) is 3.19. The molecule has 16 heteroatoms. The lowest BCUT2D eigenvalue weighted by Gasteiger charge is -2.45. The summed E-state index contributed by atoms with van der Waals surface area (Å²) in [6.45, 7) is 8.71. The predicted octanol–water partition coefficient (Wildman–Crippen LogP) is 4.15. The summed E-state index contributed by atoms with van der Waals surface area (Å²) < 4.78 is 48.4. The molecular weight excluding hydrogens is 784 g/mol. The second-order valence-corrected chi connectivity index (χ2v) is 16.6. The highest BCUT2D eigenvalue weighted by atomic mass is 16.7. The van der Waals surface area contributed by atoms with Crippen LogP contribution < -0.4 is 0 Å². The number of ether oxygens (including phenoxy) is 8. The van der Waals surface area contributed by atoms with Crippen LogP contribution in [0.4, 0.5) is 0 Å². The lowest BCUT2D eigenvalue weighted by molar-refractivity contribution is -0.329. The van der Waals surface area contributed by atoms with Crippen molar-refractivity contribution in [3.8, 4) is 17.2 Å². The Bertz CT molecular complexity index is 2150. The van der Waals surface area contributed by atoms with E-state index < -0.39 is 96.9 Å². The zero-order valence-corrected chi connectivity index (χ0v) is 34.2. The van der Waals surface area contributed by atoms with Gasteiger partial charge in [-0.3, -0.25) is 14.4 Å². The van der Waals surface area contributed by atoms with E-state index in [2.05, 4.69) is 0 Å². The van der Waals surface area contributed by atoms with Crippen LogP contribution in [0.25, 0.3) is 10.8 Å². The first-order valence-corrected chi connectivity index (χ1v) is 20.5. The monoisotopic (exact) mass is 836 g/mol. The van der Waals surface area contributed by atoms with Crippen molar-refractivity contribution in [3.63, 3.8) is 0 Å². The molecule has 3 aromatic rings. The fourth-order valence-corrected chi connectivity index (χ4v) is 9.21. The van der Waals surface area contributed by atoms with E-state index in [4.69, 9.17) is 37.9 Å². The number of ketones is 3. The highest BCUT2D eigenvalue weighted by Crippen LogP contribution is 2.46. The standard InChI is InChI=1S/C44H52O16/c1-17-11-25-24(28(46)12-17)13-26-37(40(25)51)39(50)23-8-7-22(38(49)36(23)41(26)52)32-15-29(47)42(20(4)54-32)60-35-16-30(48)43(21(5)56-35)59-34-10-9-31(19(3)55-34)58-44-33(53-6)14-27(45)18(2)57-44/h7-8,11-13,18-21,29-35,42-44,46-49,51H,9-10,14-16H2,1-6H3/t18-,19-,20+,21-,29+,30-,31-,32+,33?,34-,35-,42+,43+,44-/m0/s1. The van der Waals surface area contributed by atoms with Crippen LogP contribution in [0.3, 0.4) is 0 Å². The summed E-state index contributed by atoms with van der Waals surface area (Å²) in [6.07, 6.45) is -8.92. The molecule has 5 N–H and O–H groups in total. The number of aliphatic hydroxyl groups is 2. The van der Waals surface area contributed by atoms with Gasteiger partial charge >= 0.3 is 0 Å². The molecule has 5 aliphatic rings. The van der Waals surface area contributed by atoms with Gasteiger partial charge in [-0.05, 0) is 70.9 Å². The molecule has 4 aliphatic heterocycles. The van der Waals surface area contributed by atoms with Gasteiger partial charge in [0, 0.05) is 60.3 Å². The largest absolute Gasteiger partial charge is 0.507 e. The average molecular weight is 837 g/mol. The molecule has 14 atom stereocenters. The maximum absolute atomic E-state index is 13.9. The summed E-state index contributed by atoms with van der Waals surface area (Å²) in [4.78, 5) is 39.7. The Morgan fingerprint density at radius 3 is 2.00 bits per heavy atom. The van der Waals surface area contributed by atoms with Crippen LogP contribution in [0.1, 0.15) is 109 Å². The van der Waals surface area contributed by atoms with Crippen LogP contribution in [-0.4, -0.2) is 130 Å². The van der Waals surface area contributed by atoms with Crippen molar-refractivity contribution in [2.24, 2.45) is 0 Å². The first kappa shape index (κ1) is 42.6. The lowest BCUT2D eigenvalue weighted by Crippen LogP contribution is -2.55. The molecule has 0 radical (unpaired) electrons. The first-order valence-electron chi connectivity index (χ1n) is 20.5. The Labute approximate surface area is 346 Å². The second kappa shape index (κ2) is 16.7. The molecule has 0 spiro atoms. The van der Waals surface area contributed by atoms with Gasteiger partial charge in [0.2, 0.25) is 0 Å². The van der Waals surface area contributed by atoms with Crippen molar-refractivity contribution in [3.05, 3.63) is 63.7 Å². The molecule has 8 rings (SSSR count). The van der Waals surface area contributed by atoms with Crippen LogP contribution in [0.15, 0.2) is 30.3 Å². The molecular formula is C44H52O16. The van der Waals surface area contributed by atoms with E-state index in [1.54, 1.807) is 33.8 Å². The Balaban J connectivity index is 0.880. The Morgan fingerprint density at radius 2 is 1.32 bits per heavy atom. The normalized spacial score (nSPS) is 36.0. The SMILES string of the molecule is COC1CC(=O)[C@H](C)O[C@H]1O[C@H]1CC[C@H](O[C@@H]2[C@H](C)O[C@@H](O[C@H]3[C@H](O)C[C@H](c4ccc5c(c4O)C(=O)c4cc6c(O)cc(C)cc6c(O)c4C5=O)O[C@@H]3C)C[C@@H]2O)O[C@H]1C. The summed E-state index contributed by atoms with van der Waals surface area (Å²) in [5, 5.41) is 56.2. The molecule has 3 aromatic carbocycles. The molecule has 0 aromatic heterocycles. The minimum Gasteiger partial charge on any atom is -0.507 e. The van der Waals surface area contributed by atoms with Crippen molar-refractivity contribution >= 4 is 28.1 Å². The molecule has 16 nitrogen and oxygen atoms in total. The zero-order valence-electron chi connectivity index (χ0n) is 34.2. The fourth-order valence-electron chi connectivity index (χ4n) is 9.21. The summed E-state index contributed by atoms with van der Waals surface area (Å²) in [6, 6.07) is 7.28. The van der Waals surface area contributed by atoms with Crippen LogP contribution in [-0.2, 0) is 42.7 Å². The number of phenolic OH excluding ortho intramolecular Hbond substituents is 3. The van der Waals surface area contributed by atoms with Crippen LogP contribution in [0.5, 0.6) is 17.2 Å². The van der Waals surface area contributed by atoms with Crippen LogP contribution in [0.2, 0.25) is 0 Å². The Kier molecular flexibility index (Phi) is 11.8. The van der Waals surface area contributed by atoms with E-state index in [-0.39, 0.29) is 81.6 Å². The number of carbonyl (C=O) groups excluding carboxylic acids is 3. The van der Waals surface area contributed by atoms with Crippen molar-refractivity contribution < 1.29 is 77.8 Å². The fraction of sp³-hybridized carbons (Fsp3) is 0.568. The van der Waals surface area contributed by atoms with Crippen molar-refractivity contribution in [1.29, 1.82) is 0 Å². The summed E-state index contributed by atoms with van der Waals surface area (Å²) in [5.41, 5.74) is 0.0843. The van der Waals surface area contributed by atoms with E-state index in [1.807, 2.05) is 6.92 Å².